The molecule has 0 fully saturated rings. The molecule has 0 atom stereocenters. The Kier molecular flexibility index (Phi) is 7.38. The Morgan fingerprint density at radius 1 is 0.511 bits per heavy atom. The van der Waals surface area contributed by atoms with Crippen LogP contribution in [0, 0.1) is 5.41 Å². The van der Waals surface area contributed by atoms with E-state index in [2.05, 4.69) is 30.7 Å². The topological polar surface area (TPSA) is 153 Å². The maximum atomic E-state index is 13.0. The third kappa shape index (κ3) is 6.40. The number of hydrogen-bond donors (Lipinski definition) is 0. The lowest BCUT2D eigenvalue weighted by atomic mass is 9.88. The van der Waals surface area contributed by atoms with Crippen molar-refractivity contribution in [1.82, 2.24) is 0 Å². The van der Waals surface area contributed by atoms with Crippen LogP contribution >= 0.6 is 0 Å². The van der Waals surface area contributed by atoms with Crippen LogP contribution in [0.3, 0.4) is 0 Å². The molecule has 0 saturated carbocycles. The Morgan fingerprint density at radius 3 is 0.956 bits per heavy atom. The minimum Gasteiger partial charge on any atom is -0.461 e. The number of ether oxygens (including phenoxy) is 3. The second-order valence-corrected chi connectivity index (χ2v) is 12.0. The third-order valence-corrected chi connectivity index (χ3v) is 8.48. The first-order valence-corrected chi connectivity index (χ1v) is 14.6. The van der Waals surface area contributed by atoms with E-state index < -0.39 is 40.3 Å². The van der Waals surface area contributed by atoms with Gasteiger partial charge >= 0.3 is 17.9 Å². The fourth-order valence-electron chi connectivity index (χ4n) is 4.67. The average molecular weight is 609 g/mol. The van der Waals surface area contributed by atoms with Crippen molar-refractivity contribution in [1.29, 1.82) is 0 Å². The monoisotopic (exact) mass is 608 g/mol. The number of nitrogens with zero attached hydrogens (tertiary/aromatic N) is 6. The normalized spacial score (nSPS) is 17.3. The van der Waals surface area contributed by atoms with Crippen LogP contribution < -0.4 is 0 Å². The SMILES string of the molecule is CCC(COC(=O)c1ccc(C2(C)N=N2)cc1)(COC(=O)c1ccc(C2(C)N=N2)cc1)COC(=O)c1ccc(C2(C)N=N2)cc1. The Labute approximate surface area is 259 Å². The third-order valence-electron chi connectivity index (χ3n) is 8.48. The highest BCUT2D eigenvalue weighted by atomic mass is 16.6. The molecule has 0 amide bonds. The van der Waals surface area contributed by atoms with E-state index in [0.29, 0.717) is 23.1 Å². The lowest BCUT2D eigenvalue weighted by Gasteiger charge is -2.31. The van der Waals surface area contributed by atoms with Crippen molar-refractivity contribution >= 4 is 17.9 Å². The molecule has 0 bridgehead atoms. The van der Waals surface area contributed by atoms with Crippen LogP contribution in [0.25, 0.3) is 0 Å². The van der Waals surface area contributed by atoms with Crippen molar-refractivity contribution in [3.63, 3.8) is 0 Å². The maximum Gasteiger partial charge on any atom is 0.338 e. The van der Waals surface area contributed by atoms with E-state index in [-0.39, 0.29) is 19.8 Å². The zero-order valence-electron chi connectivity index (χ0n) is 25.4. The van der Waals surface area contributed by atoms with Gasteiger partial charge in [0.15, 0.2) is 0 Å². The summed E-state index contributed by atoms with van der Waals surface area (Å²) in [4.78, 5) is 39.1. The molecule has 12 nitrogen and oxygen atoms in total. The van der Waals surface area contributed by atoms with E-state index in [9.17, 15) is 14.4 Å². The van der Waals surface area contributed by atoms with Gasteiger partial charge < -0.3 is 14.2 Å². The lowest BCUT2D eigenvalue weighted by Crippen LogP contribution is -2.39. The Morgan fingerprint density at radius 2 is 0.756 bits per heavy atom. The minimum atomic E-state index is -1.02. The Bertz CT molecular complexity index is 1510. The number of rotatable bonds is 13. The zero-order chi connectivity index (χ0) is 31.9. The van der Waals surface area contributed by atoms with Gasteiger partial charge in [-0.1, -0.05) is 43.3 Å². The summed E-state index contributed by atoms with van der Waals surface area (Å²) >= 11 is 0. The quantitative estimate of drug-likeness (QED) is 0.152. The molecule has 0 unspecified atom stereocenters. The smallest absolute Gasteiger partial charge is 0.338 e. The van der Waals surface area contributed by atoms with Gasteiger partial charge in [0.05, 0.1) is 22.1 Å². The molecule has 3 aromatic rings. The molecule has 3 aliphatic rings. The summed E-state index contributed by atoms with van der Waals surface area (Å²) in [5, 5.41) is 24.1. The number of carbonyl (C=O) groups excluding carboxylic acids is 3. The fourth-order valence-corrected chi connectivity index (χ4v) is 4.67. The van der Waals surface area contributed by atoms with Gasteiger partial charge in [0.2, 0.25) is 17.0 Å². The molecule has 230 valence electrons. The summed E-state index contributed by atoms with van der Waals surface area (Å²) in [7, 11) is 0. The largest absolute Gasteiger partial charge is 0.461 e. The van der Waals surface area contributed by atoms with E-state index in [0.717, 1.165) is 16.7 Å². The summed E-state index contributed by atoms with van der Waals surface area (Å²) in [6, 6.07) is 20.6. The van der Waals surface area contributed by atoms with Gasteiger partial charge in [-0.25, -0.2) is 14.4 Å². The highest BCUT2D eigenvalue weighted by Crippen LogP contribution is 2.40. The van der Waals surface area contributed by atoms with Gasteiger partial charge in [0.25, 0.3) is 0 Å². The summed E-state index contributed by atoms with van der Waals surface area (Å²) < 4.78 is 17.1. The first kappa shape index (κ1) is 29.9. The van der Waals surface area contributed by atoms with E-state index >= 15 is 0 Å². The summed E-state index contributed by atoms with van der Waals surface area (Å²) in [5.41, 5.74) is 0.928. The van der Waals surface area contributed by atoms with Crippen LogP contribution in [-0.2, 0) is 31.2 Å². The molecule has 0 spiro atoms. The molecule has 3 aromatic carbocycles. The van der Waals surface area contributed by atoms with Crippen LogP contribution in [0.2, 0.25) is 0 Å². The van der Waals surface area contributed by atoms with Gasteiger partial charge in [-0.05, 0) is 63.6 Å². The van der Waals surface area contributed by atoms with E-state index in [1.54, 1.807) is 72.8 Å². The number of hydrogen-bond acceptors (Lipinski definition) is 12. The van der Waals surface area contributed by atoms with Gasteiger partial charge in [-0.15, -0.1) is 0 Å². The summed E-state index contributed by atoms with van der Waals surface area (Å²) in [6.45, 7) is 7.00. The van der Waals surface area contributed by atoms with Crippen LogP contribution in [0.1, 0.15) is 81.9 Å². The lowest BCUT2D eigenvalue weighted by molar-refractivity contribution is -0.0381. The molecule has 12 heteroatoms. The predicted molar refractivity (Wildman–Crippen MR) is 160 cm³/mol. The number of benzene rings is 3. The molecule has 0 saturated heterocycles. The first-order valence-electron chi connectivity index (χ1n) is 14.6. The van der Waals surface area contributed by atoms with Gasteiger partial charge in [-0.3, -0.25) is 0 Å². The molecule has 0 radical (unpaired) electrons. The van der Waals surface area contributed by atoms with Crippen LogP contribution in [-0.4, -0.2) is 37.7 Å². The van der Waals surface area contributed by atoms with Gasteiger partial charge in [0, 0.05) is 16.7 Å². The fraction of sp³-hybridized carbons (Fsp3) is 0.364. The van der Waals surface area contributed by atoms with E-state index in [1.807, 2.05) is 27.7 Å². The van der Waals surface area contributed by atoms with Gasteiger partial charge in [-0.2, -0.15) is 30.7 Å². The zero-order valence-corrected chi connectivity index (χ0v) is 25.4. The van der Waals surface area contributed by atoms with Crippen molar-refractivity contribution in [2.24, 2.45) is 36.1 Å². The Hall–Kier alpha value is -5.13. The van der Waals surface area contributed by atoms with Crippen molar-refractivity contribution in [2.45, 2.75) is 51.1 Å². The van der Waals surface area contributed by atoms with Crippen molar-refractivity contribution in [2.75, 3.05) is 19.8 Å². The predicted octanol–water partition coefficient (Wildman–Crippen LogP) is 6.87. The second kappa shape index (κ2) is 11.1. The second-order valence-electron chi connectivity index (χ2n) is 12.0. The van der Waals surface area contributed by atoms with Crippen LogP contribution in [0.4, 0.5) is 0 Å². The van der Waals surface area contributed by atoms with Crippen LogP contribution in [0.15, 0.2) is 103 Å². The van der Waals surface area contributed by atoms with Crippen molar-refractivity contribution in [3.8, 4) is 0 Å². The summed E-state index contributed by atoms with van der Waals surface area (Å²) in [6.07, 6.45) is 0.377. The maximum absolute atomic E-state index is 13.0. The number of carbonyl (C=O) groups is 3. The van der Waals surface area contributed by atoms with Crippen molar-refractivity contribution in [3.05, 3.63) is 106 Å². The standard InChI is InChI=1S/C33H32N6O6/c1-5-33(18-43-27(40)21-6-12-24(13-7-21)30(2)34-35-30,19-44-28(41)22-8-14-25(15-9-22)31(3)36-37-31)20-45-29(42)23-10-16-26(17-11-23)32(4)38-39-32/h6-17H,5,18-20H2,1-4H3. The Balaban J connectivity index is 1.13. The van der Waals surface area contributed by atoms with E-state index in [4.69, 9.17) is 14.2 Å². The molecule has 3 aliphatic heterocycles. The van der Waals surface area contributed by atoms with E-state index in [1.165, 1.54) is 0 Å². The highest BCUT2D eigenvalue weighted by molar-refractivity contribution is 5.90. The molecule has 0 N–H and O–H groups in total. The molecule has 3 heterocycles. The number of esters is 3. The first-order chi connectivity index (χ1) is 21.5. The summed E-state index contributed by atoms with van der Waals surface area (Å²) in [5.74, 6) is -1.69. The highest BCUT2D eigenvalue weighted by Gasteiger charge is 2.39. The van der Waals surface area contributed by atoms with Crippen molar-refractivity contribution < 1.29 is 28.6 Å². The van der Waals surface area contributed by atoms with Crippen LogP contribution in [0.5, 0.6) is 0 Å². The minimum absolute atomic E-state index is 0.159. The molecular weight excluding hydrogens is 576 g/mol. The molecule has 45 heavy (non-hydrogen) atoms. The molecule has 6 rings (SSSR count). The molecular formula is C33H32N6O6. The average Bonchev–Trinajstić information content (AvgIpc) is 4.01. The molecule has 0 aliphatic carbocycles. The van der Waals surface area contributed by atoms with Gasteiger partial charge in [0.1, 0.15) is 19.8 Å². The molecule has 0 aromatic heterocycles.